The molecule has 0 aliphatic rings. The van der Waals surface area contributed by atoms with Gasteiger partial charge >= 0.3 is 23.9 Å². The summed E-state index contributed by atoms with van der Waals surface area (Å²) in [6.07, 6.45) is -0.166. The fraction of sp³-hybridized carbons (Fsp3) is 0.310. The quantitative estimate of drug-likeness (QED) is 0.229. The SMILES string of the molecule is CC(=O)OC[C@@H](OC(C)=O)[C@H](OC(C)=O)[C@@H](OC(C)=O)C(c1c[nH]c2ccccc12)c1c[nH]c2ccccc12. The molecule has 0 saturated carbocycles. The average Bonchev–Trinajstić information content (AvgIpc) is 3.49. The molecule has 0 unspecified atom stereocenters. The van der Waals surface area contributed by atoms with E-state index in [4.69, 9.17) is 18.9 Å². The highest BCUT2D eigenvalue weighted by atomic mass is 16.6. The monoisotopic (exact) mass is 534 g/mol. The molecule has 3 atom stereocenters. The van der Waals surface area contributed by atoms with E-state index >= 15 is 0 Å². The number of rotatable bonds is 10. The number of carbonyl (C=O) groups is 4. The maximum atomic E-state index is 12.6. The van der Waals surface area contributed by atoms with Gasteiger partial charge in [-0.3, -0.25) is 19.2 Å². The van der Waals surface area contributed by atoms with Crippen LogP contribution in [0.4, 0.5) is 0 Å². The Labute approximate surface area is 224 Å². The largest absolute Gasteiger partial charge is 0.462 e. The highest BCUT2D eigenvalue weighted by molar-refractivity contribution is 5.88. The number of hydrogen-bond donors (Lipinski definition) is 2. The van der Waals surface area contributed by atoms with Gasteiger partial charge in [0.1, 0.15) is 6.61 Å². The summed E-state index contributed by atoms with van der Waals surface area (Å²) < 4.78 is 22.3. The van der Waals surface area contributed by atoms with E-state index < -0.39 is 54.7 Å². The molecule has 204 valence electrons. The van der Waals surface area contributed by atoms with Gasteiger partial charge in [0.25, 0.3) is 0 Å². The molecule has 39 heavy (non-hydrogen) atoms. The lowest BCUT2D eigenvalue weighted by atomic mass is 9.82. The van der Waals surface area contributed by atoms with E-state index in [1.165, 1.54) is 27.7 Å². The Bertz CT molecular complexity index is 1430. The Morgan fingerprint density at radius 3 is 1.56 bits per heavy atom. The predicted molar refractivity (Wildman–Crippen MR) is 142 cm³/mol. The number of carbonyl (C=O) groups excluding carboxylic acids is 4. The molecule has 0 aliphatic carbocycles. The minimum atomic E-state index is -1.33. The number of esters is 4. The van der Waals surface area contributed by atoms with E-state index in [2.05, 4.69) is 9.97 Å². The van der Waals surface area contributed by atoms with Gasteiger partial charge in [-0.1, -0.05) is 36.4 Å². The molecule has 4 rings (SSSR count). The van der Waals surface area contributed by atoms with Crippen LogP contribution in [0.1, 0.15) is 44.7 Å². The Balaban J connectivity index is 1.97. The van der Waals surface area contributed by atoms with Crippen molar-refractivity contribution in [3.8, 4) is 0 Å². The van der Waals surface area contributed by atoms with Crippen molar-refractivity contribution in [2.75, 3.05) is 6.61 Å². The summed E-state index contributed by atoms with van der Waals surface area (Å²) in [6.45, 7) is 4.41. The summed E-state index contributed by atoms with van der Waals surface area (Å²) in [5.41, 5.74) is 3.21. The summed E-state index contributed by atoms with van der Waals surface area (Å²) in [5.74, 6) is -3.37. The molecule has 0 fully saturated rings. The number of aromatic nitrogens is 2. The summed E-state index contributed by atoms with van der Waals surface area (Å²) in [4.78, 5) is 55.2. The zero-order chi connectivity index (χ0) is 28.1. The van der Waals surface area contributed by atoms with Crippen LogP contribution in [-0.2, 0) is 38.1 Å². The second-order valence-corrected chi connectivity index (χ2v) is 9.16. The van der Waals surface area contributed by atoms with Crippen LogP contribution < -0.4 is 0 Å². The molecule has 0 bridgehead atoms. The van der Waals surface area contributed by atoms with Crippen molar-refractivity contribution >= 4 is 45.7 Å². The number of benzene rings is 2. The molecule has 10 heteroatoms. The fourth-order valence-corrected chi connectivity index (χ4v) is 4.90. The first kappa shape index (κ1) is 27.4. The highest BCUT2D eigenvalue weighted by Crippen LogP contribution is 2.40. The van der Waals surface area contributed by atoms with Gasteiger partial charge < -0.3 is 28.9 Å². The zero-order valence-corrected chi connectivity index (χ0v) is 22.1. The Morgan fingerprint density at radius 1 is 0.641 bits per heavy atom. The van der Waals surface area contributed by atoms with Gasteiger partial charge in [0, 0.05) is 61.9 Å². The minimum Gasteiger partial charge on any atom is -0.462 e. The number of para-hydroxylation sites is 2. The Kier molecular flexibility index (Phi) is 8.33. The molecule has 10 nitrogen and oxygen atoms in total. The van der Waals surface area contributed by atoms with Gasteiger partial charge in [-0.05, 0) is 23.3 Å². The predicted octanol–water partition coefficient (Wildman–Crippen LogP) is 4.14. The normalized spacial score (nSPS) is 13.6. The molecule has 2 heterocycles. The summed E-state index contributed by atoms with van der Waals surface area (Å²) >= 11 is 0. The Morgan fingerprint density at radius 2 is 1.10 bits per heavy atom. The van der Waals surface area contributed by atoms with Crippen molar-refractivity contribution in [1.82, 2.24) is 9.97 Å². The van der Waals surface area contributed by atoms with E-state index in [0.29, 0.717) is 0 Å². The molecule has 0 saturated heterocycles. The molecular formula is C29H30N2O8. The standard InChI is InChI=1S/C29H30N2O8/c1-16(32)36-15-26(37-17(2)33)28(38-18(3)34)29(39-19(4)35)27(22-13-30-24-11-7-5-9-20(22)24)23-14-31-25-12-8-6-10-21(23)25/h5-14,26-31H,15H2,1-4H3/t26-,28+,29+/m1/s1. The fourth-order valence-electron chi connectivity index (χ4n) is 4.90. The van der Waals surface area contributed by atoms with E-state index in [0.717, 1.165) is 32.9 Å². The minimum absolute atomic E-state index is 0.418. The third-order valence-corrected chi connectivity index (χ3v) is 6.30. The Hall–Kier alpha value is -4.60. The van der Waals surface area contributed by atoms with Gasteiger partial charge in [0.05, 0.1) is 5.92 Å². The second-order valence-electron chi connectivity index (χ2n) is 9.16. The first-order valence-corrected chi connectivity index (χ1v) is 12.4. The van der Waals surface area contributed by atoms with Crippen LogP contribution >= 0.6 is 0 Å². The molecule has 0 radical (unpaired) electrons. The number of hydrogen-bond acceptors (Lipinski definition) is 8. The molecular weight excluding hydrogens is 504 g/mol. The van der Waals surface area contributed by atoms with Crippen molar-refractivity contribution in [1.29, 1.82) is 0 Å². The maximum absolute atomic E-state index is 12.6. The van der Waals surface area contributed by atoms with Crippen molar-refractivity contribution in [2.45, 2.75) is 51.9 Å². The van der Waals surface area contributed by atoms with E-state index in [-0.39, 0.29) is 0 Å². The summed E-state index contributed by atoms with van der Waals surface area (Å²) in [7, 11) is 0. The van der Waals surface area contributed by atoms with Gasteiger partial charge in [-0.25, -0.2) is 0 Å². The average molecular weight is 535 g/mol. The second kappa shape index (κ2) is 11.8. The van der Waals surface area contributed by atoms with Crippen molar-refractivity contribution in [2.24, 2.45) is 0 Å². The number of fused-ring (bicyclic) bond motifs is 2. The van der Waals surface area contributed by atoms with Crippen LogP contribution in [0, 0.1) is 0 Å². The van der Waals surface area contributed by atoms with Gasteiger partial charge in [-0.15, -0.1) is 0 Å². The molecule has 4 aromatic rings. The molecule has 0 amide bonds. The number of nitrogens with one attached hydrogen (secondary N) is 2. The van der Waals surface area contributed by atoms with Crippen molar-refractivity contribution in [3.63, 3.8) is 0 Å². The lowest BCUT2D eigenvalue weighted by Crippen LogP contribution is -2.50. The zero-order valence-electron chi connectivity index (χ0n) is 22.1. The number of aromatic amines is 2. The lowest BCUT2D eigenvalue weighted by Gasteiger charge is -2.36. The van der Waals surface area contributed by atoms with Gasteiger partial charge in [0.2, 0.25) is 0 Å². The third-order valence-electron chi connectivity index (χ3n) is 6.30. The highest BCUT2D eigenvalue weighted by Gasteiger charge is 2.44. The van der Waals surface area contributed by atoms with E-state index in [9.17, 15) is 19.2 Å². The van der Waals surface area contributed by atoms with Crippen molar-refractivity contribution < 1.29 is 38.1 Å². The van der Waals surface area contributed by atoms with Crippen LogP contribution in [0.5, 0.6) is 0 Å². The first-order valence-electron chi connectivity index (χ1n) is 12.4. The topological polar surface area (TPSA) is 137 Å². The van der Waals surface area contributed by atoms with Crippen LogP contribution in [0.2, 0.25) is 0 Å². The molecule has 2 aromatic carbocycles. The van der Waals surface area contributed by atoms with Crippen LogP contribution in [0.25, 0.3) is 21.8 Å². The maximum Gasteiger partial charge on any atom is 0.303 e. The van der Waals surface area contributed by atoms with Crippen LogP contribution in [0.15, 0.2) is 60.9 Å². The first-order chi connectivity index (χ1) is 18.7. The number of ether oxygens (including phenoxy) is 4. The summed E-state index contributed by atoms with van der Waals surface area (Å²) in [5, 5.41) is 1.71. The van der Waals surface area contributed by atoms with Gasteiger partial charge in [-0.2, -0.15) is 0 Å². The van der Waals surface area contributed by atoms with E-state index in [1.54, 1.807) is 0 Å². The van der Waals surface area contributed by atoms with E-state index in [1.807, 2.05) is 60.9 Å². The smallest absolute Gasteiger partial charge is 0.303 e. The summed E-state index contributed by atoms with van der Waals surface area (Å²) in [6, 6.07) is 15.2. The molecule has 2 aromatic heterocycles. The van der Waals surface area contributed by atoms with Crippen molar-refractivity contribution in [3.05, 3.63) is 72.1 Å². The molecule has 0 aliphatic heterocycles. The molecule has 2 N–H and O–H groups in total. The van der Waals surface area contributed by atoms with Gasteiger partial charge in [0.15, 0.2) is 18.3 Å². The molecule has 0 spiro atoms. The lowest BCUT2D eigenvalue weighted by molar-refractivity contribution is -0.190. The number of H-pyrrole nitrogens is 2. The van der Waals surface area contributed by atoms with Crippen LogP contribution in [-0.4, -0.2) is 58.8 Å². The van der Waals surface area contributed by atoms with Crippen LogP contribution in [0.3, 0.4) is 0 Å². The third kappa shape index (κ3) is 6.28.